The molecule has 0 unspecified atom stereocenters. The summed E-state index contributed by atoms with van der Waals surface area (Å²) in [4.78, 5) is 0. The third-order valence-corrected chi connectivity index (χ3v) is 5.28. The Bertz CT molecular complexity index is 173. The number of H-pyrrole nitrogens is 1. The van der Waals surface area contributed by atoms with E-state index in [-0.39, 0.29) is 0 Å². The fraction of sp³-hybridized carbons (Fsp3) is 0.500. The molecule has 1 N–H and O–H groups in total. The topological polar surface area (TPSA) is 28.7 Å². The van der Waals surface area contributed by atoms with Crippen LogP contribution in [-0.4, -0.2) is 23.5 Å². The predicted octanol–water partition coefficient (Wildman–Crippen LogP) is 0.955. The van der Waals surface area contributed by atoms with Gasteiger partial charge in [-0.3, -0.25) is 0 Å². The summed E-state index contributed by atoms with van der Waals surface area (Å²) in [6.07, 6.45) is 1.83. The fourth-order valence-electron chi connectivity index (χ4n) is 0.674. The Balaban J connectivity index is 2.90. The van der Waals surface area contributed by atoms with Crippen molar-refractivity contribution in [3.63, 3.8) is 0 Å². The summed E-state index contributed by atoms with van der Waals surface area (Å²) in [5.74, 6) is 7.02. The standard InChI is InChI=1S/C6H12GeN2/c1-7(2,3)6-4-5-8-9-6/h4-5H,1-3H3,(H,8,9). The average Bonchev–Trinajstić information content (AvgIpc) is 2.08. The van der Waals surface area contributed by atoms with Crippen LogP contribution in [0.15, 0.2) is 12.3 Å². The zero-order valence-electron chi connectivity index (χ0n) is 6.10. The molecule has 3 heteroatoms. The van der Waals surface area contributed by atoms with Crippen molar-refractivity contribution >= 4 is 17.8 Å². The van der Waals surface area contributed by atoms with E-state index in [1.807, 2.05) is 6.20 Å². The molecule has 1 heterocycles. The molecule has 1 rings (SSSR count). The average molecular weight is 185 g/mol. The second-order valence-electron chi connectivity index (χ2n) is 3.22. The van der Waals surface area contributed by atoms with Gasteiger partial charge in [-0.2, -0.15) is 0 Å². The molecule has 0 aliphatic carbocycles. The summed E-state index contributed by atoms with van der Waals surface area (Å²) in [6, 6.07) is 2.08. The molecule has 0 aliphatic rings. The van der Waals surface area contributed by atoms with Crippen molar-refractivity contribution in [2.75, 3.05) is 0 Å². The Morgan fingerprint density at radius 3 is 2.33 bits per heavy atom. The number of aromatic nitrogens is 2. The summed E-state index contributed by atoms with van der Waals surface area (Å²) in [5.41, 5.74) is 0. The zero-order valence-corrected chi connectivity index (χ0v) is 8.20. The quantitative estimate of drug-likeness (QED) is 0.648. The van der Waals surface area contributed by atoms with E-state index in [1.165, 1.54) is 4.53 Å². The maximum atomic E-state index is 3.91. The number of hydrogen-bond acceptors (Lipinski definition) is 1. The number of hydrogen-bond donors (Lipinski definition) is 1. The van der Waals surface area contributed by atoms with E-state index in [0.717, 1.165) is 0 Å². The number of nitrogens with zero attached hydrogens (tertiary/aromatic N) is 1. The van der Waals surface area contributed by atoms with Gasteiger partial charge < -0.3 is 0 Å². The molecule has 9 heavy (non-hydrogen) atoms. The van der Waals surface area contributed by atoms with Crippen LogP contribution in [0.25, 0.3) is 0 Å². The molecular weight excluding hydrogens is 173 g/mol. The molecular formula is C6H12GeN2. The Labute approximate surface area is 58.0 Å². The van der Waals surface area contributed by atoms with E-state index in [1.54, 1.807) is 0 Å². The molecule has 0 radical (unpaired) electrons. The van der Waals surface area contributed by atoms with Gasteiger partial charge in [0.2, 0.25) is 0 Å². The Morgan fingerprint density at radius 1 is 1.44 bits per heavy atom. The van der Waals surface area contributed by atoms with Gasteiger partial charge in [-0.25, -0.2) is 0 Å². The van der Waals surface area contributed by atoms with Crippen molar-refractivity contribution in [3.8, 4) is 0 Å². The van der Waals surface area contributed by atoms with Crippen LogP contribution in [0.4, 0.5) is 0 Å². The molecule has 0 aromatic carbocycles. The first-order chi connectivity index (χ1) is 4.11. The molecule has 0 saturated heterocycles. The van der Waals surface area contributed by atoms with Crippen molar-refractivity contribution in [1.29, 1.82) is 0 Å². The van der Waals surface area contributed by atoms with Crippen LogP contribution in [0.5, 0.6) is 0 Å². The zero-order chi connectivity index (χ0) is 6.91. The summed E-state index contributed by atoms with van der Waals surface area (Å²) < 4.78 is 1.37. The fourth-order valence-corrected chi connectivity index (χ4v) is 2.72. The summed E-state index contributed by atoms with van der Waals surface area (Å²) in [5, 5.41) is 6.92. The normalized spacial score (nSPS) is 11.9. The van der Waals surface area contributed by atoms with E-state index in [0.29, 0.717) is 0 Å². The third kappa shape index (κ3) is 1.58. The van der Waals surface area contributed by atoms with E-state index in [2.05, 4.69) is 33.5 Å². The van der Waals surface area contributed by atoms with Crippen LogP contribution < -0.4 is 4.53 Å². The van der Waals surface area contributed by atoms with Crippen molar-refractivity contribution in [2.24, 2.45) is 0 Å². The molecule has 0 aliphatic heterocycles. The molecule has 0 bridgehead atoms. The number of nitrogens with one attached hydrogen (secondary N) is 1. The molecule has 50 valence electrons. The minimum absolute atomic E-state index is 1.37. The van der Waals surface area contributed by atoms with Gasteiger partial charge in [0.05, 0.1) is 0 Å². The summed E-state index contributed by atoms with van der Waals surface area (Å²) >= 11 is -1.56. The Kier molecular flexibility index (Phi) is 1.66. The van der Waals surface area contributed by atoms with E-state index in [4.69, 9.17) is 0 Å². The first-order valence-electron chi connectivity index (χ1n) is 3.10. The molecule has 0 saturated carbocycles. The third-order valence-electron chi connectivity index (χ3n) is 1.31. The van der Waals surface area contributed by atoms with Gasteiger partial charge in [-0.05, 0) is 0 Å². The van der Waals surface area contributed by atoms with E-state index in [9.17, 15) is 0 Å². The monoisotopic (exact) mass is 186 g/mol. The molecule has 0 spiro atoms. The molecule has 1 aromatic rings. The molecule has 0 amide bonds. The maximum absolute atomic E-state index is 3.91. The van der Waals surface area contributed by atoms with Crippen molar-refractivity contribution in [1.82, 2.24) is 10.2 Å². The molecule has 0 atom stereocenters. The van der Waals surface area contributed by atoms with Crippen LogP contribution in [0.3, 0.4) is 0 Å². The molecule has 0 fully saturated rings. The van der Waals surface area contributed by atoms with Gasteiger partial charge in [0.1, 0.15) is 0 Å². The van der Waals surface area contributed by atoms with Gasteiger partial charge in [-0.15, -0.1) is 0 Å². The SMILES string of the molecule is [CH3][Ge]([CH3])([CH3])[c]1ccn[nH]1. The number of rotatable bonds is 1. The van der Waals surface area contributed by atoms with E-state index < -0.39 is 13.3 Å². The van der Waals surface area contributed by atoms with Gasteiger partial charge >= 0.3 is 57.5 Å². The number of aromatic amines is 1. The van der Waals surface area contributed by atoms with Crippen molar-refractivity contribution in [2.45, 2.75) is 17.3 Å². The Morgan fingerprint density at radius 2 is 2.11 bits per heavy atom. The van der Waals surface area contributed by atoms with Crippen LogP contribution in [0.1, 0.15) is 0 Å². The van der Waals surface area contributed by atoms with Gasteiger partial charge in [-0.1, -0.05) is 0 Å². The second-order valence-corrected chi connectivity index (χ2v) is 13.8. The first-order valence-corrected chi connectivity index (χ1v) is 10.4. The van der Waals surface area contributed by atoms with Crippen LogP contribution >= 0.6 is 0 Å². The van der Waals surface area contributed by atoms with Gasteiger partial charge in [0.25, 0.3) is 0 Å². The van der Waals surface area contributed by atoms with Gasteiger partial charge in [0.15, 0.2) is 0 Å². The van der Waals surface area contributed by atoms with Gasteiger partial charge in [0, 0.05) is 0 Å². The van der Waals surface area contributed by atoms with Crippen LogP contribution in [0.2, 0.25) is 17.3 Å². The summed E-state index contributed by atoms with van der Waals surface area (Å²) in [6.45, 7) is 0. The van der Waals surface area contributed by atoms with Crippen LogP contribution in [-0.2, 0) is 0 Å². The molecule has 2 nitrogen and oxygen atoms in total. The Hall–Kier alpha value is -0.247. The van der Waals surface area contributed by atoms with E-state index >= 15 is 0 Å². The molecule has 1 aromatic heterocycles. The van der Waals surface area contributed by atoms with Crippen molar-refractivity contribution in [3.05, 3.63) is 12.3 Å². The summed E-state index contributed by atoms with van der Waals surface area (Å²) in [7, 11) is 0. The van der Waals surface area contributed by atoms with Crippen molar-refractivity contribution < 1.29 is 0 Å². The van der Waals surface area contributed by atoms with Crippen LogP contribution in [0, 0.1) is 0 Å². The second kappa shape index (κ2) is 2.17. The minimum atomic E-state index is -1.56. The predicted molar refractivity (Wildman–Crippen MR) is 41.6 cm³/mol. The first kappa shape index (κ1) is 6.87.